The number of hydrogen-bond donors (Lipinski definition) is 1. The summed E-state index contributed by atoms with van der Waals surface area (Å²) in [5, 5.41) is 6.06. The van der Waals surface area contributed by atoms with E-state index in [1.807, 2.05) is 25.8 Å². The Morgan fingerprint density at radius 3 is 2.71 bits per heavy atom. The van der Waals surface area contributed by atoms with E-state index in [1.54, 1.807) is 11.3 Å². The molecule has 0 unspecified atom stereocenters. The molecule has 0 aliphatic carbocycles. The fraction of sp³-hybridized carbons (Fsp3) is 0.556. The molecule has 0 atom stereocenters. The zero-order valence-electron chi connectivity index (χ0n) is 15.5. The Morgan fingerprint density at radius 1 is 1.42 bits per heavy atom. The van der Waals surface area contributed by atoms with Gasteiger partial charge in [0, 0.05) is 34.9 Å². The first-order valence-corrected chi connectivity index (χ1v) is 9.29. The number of likely N-dealkylation sites (N-methyl/N-ethyl adjacent to an activating group) is 1. The maximum absolute atomic E-state index is 11.8. The Balaban J connectivity index is 2.04. The summed E-state index contributed by atoms with van der Waals surface area (Å²) < 4.78 is 2.30. The number of carbonyl (C=O) groups is 1. The second kappa shape index (κ2) is 7.94. The molecule has 0 saturated carbocycles. The molecule has 0 saturated heterocycles. The van der Waals surface area contributed by atoms with Crippen LogP contribution >= 0.6 is 11.3 Å². The van der Waals surface area contributed by atoms with Crippen molar-refractivity contribution in [2.75, 3.05) is 13.6 Å². The molecule has 132 valence electrons. The van der Waals surface area contributed by atoms with Gasteiger partial charge in [-0.25, -0.2) is 4.98 Å². The standard InChI is InChI=1S/C18H28N4OS/c1-7-22-13(4)8-15(14(22)5)16-11-24-18(20-16)10-21(6)9-17(23)19-12(2)3/h8,11-12H,7,9-10H2,1-6H3,(H,19,23). The predicted molar refractivity (Wildman–Crippen MR) is 100 cm³/mol. The van der Waals surface area contributed by atoms with Crippen LogP contribution < -0.4 is 5.32 Å². The largest absolute Gasteiger partial charge is 0.353 e. The molecule has 0 aromatic carbocycles. The second-order valence-corrected chi connectivity index (χ2v) is 7.49. The number of nitrogens with one attached hydrogen (secondary N) is 1. The average molecular weight is 349 g/mol. The molecule has 0 bridgehead atoms. The third-order valence-electron chi connectivity index (χ3n) is 3.99. The van der Waals surface area contributed by atoms with Crippen molar-refractivity contribution in [1.29, 1.82) is 0 Å². The van der Waals surface area contributed by atoms with Gasteiger partial charge in [-0.2, -0.15) is 0 Å². The van der Waals surface area contributed by atoms with Crippen LogP contribution in [0.15, 0.2) is 11.4 Å². The lowest BCUT2D eigenvalue weighted by Gasteiger charge is -2.16. The minimum absolute atomic E-state index is 0.0516. The highest BCUT2D eigenvalue weighted by Crippen LogP contribution is 2.28. The molecular weight excluding hydrogens is 320 g/mol. The van der Waals surface area contributed by atoms with Gasteiger partial charge in [0.2, 0.25) is 5.91 Å². The van der Waals surface area contributed by atoms with Gasteiger partial charge >= 0.3 is 0 Å². The Labute approximate surface area is 148 Å². The lowest BCUT2D eigenvalue weighted by molar-refractivity contribution is -0.122. The number of aromatic nitrogens is 2. The van der Waals surface area contributed by atoms with Crippen molar-refractivity contribution in [1.82, 2.24) is 19.8 Å². The van der Waals surface area contributed by atoms with E-state index in [2.05, 4.69) is 42.1 Å². The van der Waals surface area contributed by atoms with Crippen LogP contribution in [0.25, 0.3) is 11.3 Å². The van der Waals surface area contributed by atoms with Crippen LogP contribution in [0.1, 0.15) is 37.2 Å². The second-order valence-electron chi connectivity index (χ2n) is 6.55. The number of thiazole rings is 1. The van der Waals surface area contributed by atoms with Crippen LogP contribution in [0, 0.1) is 13.8 Å². The molecule has 1 N–H and O–H groups in total. The molecule has 0 fully saturated rings. The molecule has 0 aliphatic rings. The van der Waals surface area contributed by atoms with Gasteiger partial charge in [0.1, 0.15) is 5.01 Å². The van der Waals surface area contributed by atoms with E-state index in [4.69, 9.17) is 4.98 Å². The van der Waals surface area contributed by atoms with Crippen LogP contribution in [0.4, 0.5) is 0 Å². The van der Waals surface area contributed by atoms with Crippen molar-refractivity contribution in [3.63, 3.8) is 0 Å². The molecular formula is C18H28N4OS. The van der Waals surface area contributed by atoms with Gasteiger partial charge in [-0.05, 0) is 47.7 Å². The number of nitrogens with zero attached hydrogens (tertiary/aromatic N) is 3. The SMILES string of the molecule is CCn1c(C)cc(-c2csc(CN(C)CC(=O)NC(C)C)n2)c1C. The van der Waals surface area contributed by atoms with Crippen LogP contribution in [0.2, 0.25) is 0 Å². The van der Waals surface area contributed by atoms with Gasteiger partial charge < -0.3 is 9.88 Å². The van der Waals surface area contributed by atoms with Crippen molar-refractivity contribution >= 4 is 17.2 Å². The maximum atomic E-state index is 11.8. The van der Waals surface area contributed by atoms with Gasteiger partial charge in [-0.1, -0.05) is 0 Å². The molecule has 2 heterocycles. The van der Waals surface area contributed by atoms with Crippen molar-refractivity contribution in [3.05, 3.63) is 27.8 Å². The predicted octanol–water partition coefficient (Wildman–Crippen LogP) is 3.20. The summed E-state index contributed by atoms with van der Waals surface area (Å²) in [5.74, 6) is 0.0516. The molecule has 0 aliphatic heterocycles. The van der Waals surface area contributed by atoms with Gasteiger partial charge in [-0.15, -0.1) is 11.3 Å². The van der Waals surface area contributed by atoms with E-state index in [1.165, 1.54) is 17.0 Å². The zero-order chi connectivity index (χ0) is 17.9. The first kappa shape index (κ1) is 18.7. The topological polar surface area (TPSA) is 50.2 Å². The van der Waals surface area contributed by atoms with Crippen molar-refractivity contribution in [2.45, 2.75) is 53.8 Å². The number of rotatable bonds is 7. The zero-order valence-corrected chi connectivity index (χ0v) is 16.3. The van der Waals surface area contributed by atoms with E-state index >= 15 is 0 Å². The van der Waals surface area contributed by atoms with E-state index in [0.717, 1.165) is 17.2 Å². The van der Waals surface area contributed by atoms with E-state index in [9.17, 15) is 4.79 Å². The highest BCUT2D eigenvalue weighted by Gasteiger charge is 2.14. The van der Waals surface area contributed by atoms with Gasteiger partial charge in [0.15, 0.2) is 0 Å². The summed E-state index contributed by atoms with van der Waals surface area (Å²) in [6.45, 7) is 12.4. The minimum Gasteiger partial charge on any atom is -0.353 e. The Hall–Kier alpha value is -1.66. The van der Waals surface area contributed by atoms with Crippen LogP contribution in [0.3, 0.4) is 0 Å². The number of amides is 1. The van der Waals surface area contributed by atoms with Crippen LogP contribution in [-0.2, 0) is 17.9 Å². The third-order valence-corrected chi connectivity index (χ3v) is 4.82. The lowest BCUT2D eigenvalue weighted by Crippen LogP contribution is -2.38. The molecule has 2 aromatic rings. The molecule has 24 heavy (non-hydrogen) atoms. The molecule has 5 nitrogen and oxygen atoms in total. The van der Waals surface area contributed by atoms with E-state index < -0.39 is 0 Å². The van der Waals surface area contributed by atoms with Crippen molar-refractivity contribution in [3.8, 4) is 11.3 Å². The van der Waals surface area contributed by atoms with Gasteiger partial charge in [0.25, 0.3) is 0 Å². The highest BCUT2D eigenvalue weighted by molar-refractivity contribution is 7.09. The molecule has 2 aromatic heterocycles. The monoisotopic (exact) mass is 348 g/mol. The van der Waals surface area contributed by atoms with Crippen LogP contribution in [-0.4, -0.2) is 40.0 Å². The third kappa shape index (κ3) is 4.45. The maximum Gasteiger partial charge on any atom is 0.234 e. The van der Waals surface area contributed by atoms with Gasteiger partial charge in [-0.3, -0.25) is 9.69 Å². The lowest BCUT2D eigenvalue weighted by atomic mass is 10.2. The van der Waals surface area contributed by atoms with Gasteiger partial charge in [0.05, 0.1) is 18.8 Å². The Bertz CT molecular complexity index is 702. The number of aryl methyl sites for hydroxylation is 1. The summed E-state index contributed by atoms with van der Waals surface area (Å²) in [4.78, 5) is 18.6. The normalized spacial score (nSPS) is 11.5. The Kier molecular flexibility index (Phi) is 6.18. The molecule has 2 rings (SSSR count). The molecule has 0 spiro atoms. The summed E-state index contributed by atoms with van der Waals surface area (Å²) in [6.07, 6.45) is 0. The highest BCUT2D eigenvalue weighted by atomic mass is 32.1. The first-order chi connectivity index (χ1) is 11.3. The quantitative estimate of drug-likeness (QED) is 0.836. The summed E-state index contributed by atoms with van der Waals surface area (Å²) >= 11 is 1.65. The fourth-order valence-electron chi connectivity index (χ4n) is 2.95. The smallest absolute Gasteiger partial charge is 0.234 e. The summed E-state index contributed by atoms with van der Waals surface area (Å²) in [7, 11) is 1.95. The summed E-state index contributed by atoms with van der Waals surface area (Å²) in [6, 6.07) is 2.38. The number of carbonyl (C=O) groups excluding carboxylic acids is 1. The Morgan fingerprint density at radius 2 is 2.12 bits per heavy atom. The number of hydrogen-bond acceptors (Lipinski definition) is 4. The van der Waals surface area contributed by atoms with Crippen LogP contribution in [0.5, 0.6) is 0 Å². The van der Waals surface area contributed by atoms with Crippen molar-refractivity contribution < 1.29 is 4.79 Å². The first-order valence-electron chi connectivity index (χ1n) is 8.41. The minimum atomic E-state index is 0.0516. The average Bonchev–Trinajstić information content (AvgIpc) is 3.02. The molecule has 0 radical (unpaired) electrons. The van der Waals surface area contributed by atoms with E-state index in [0.29, 0.717) is 13.1 Å². The molecule has 1 amide bonds. The fourth-order valence-corrected chi connectivity index (χ4v) is 3.83. The van der Waals surface area contributed by atoms with E-state index in [-0.39, 0.29) is 11.9 Å². The summed E-state index contributed by atoms with van der Waals surface area (Å²) in [5.41, 5.74) is 4.76. The molecule has 6 heteroatoms. The van der Waals surface area contributed by atoms with Crippen molar-refractivity contribution in [2.24, 2.45) is 0 Å².